The number of carbonyl (C=O) groups is 1. The molecular formula is C7H9NO2. The number of hydrogen-bond acceptors (Lipinski definition) is 3. The summed E-state index contributed by atoms with van der Waals surface area (Å²) < 4.78 is 4.47. The van der Waals surface area contributed by atoms with Crippen molar-refractivity contribution in [2.45, 2.75) is 12.8 Å². The van der Waals surface area contributed by atoms with E-state index in [2.05, 4.69) is 9.73 Å². The number of aliphatic imine (C=N–C) groups is 1. The van der Waals surface area contributed by atoms with Crippen molar-refractivity contribution in [1.29, 1.82) is 0 Å². The number of methoxy groups -OCH3 is 1. The molecule has 1 aliphatic heterocycles. The largest absolute Gasteiger partial charge is 0.464 e. The van der Waals surface area contributed by atoms with Crippen LogP contribution in [0.25, 0.3) is 0 Å². The maximum Gasteiger partial charge on any atom is 0.356 e. The first-order valence-electron chi connectivity index (χ1n) is 3.15. The Kier molecular flexibility index (Phi) is 2.20. The third-order valence-corrected chi connectivity index (χ3v) is 1.26. The monoisotopic (exact) mass is 139 g/mol. The molecule has 0 saturated heterocycles. The van der Waals surface area contributed by atoms with E-state index < -0.39 is 0 Å². The SMILES string of the molecule is COC(=O)C1=CCCC=N1. The standard InChI is InChI=1S/C7H9NO2/c1-10-7(9)6-4-2-3-5-8-6/h4-5H,2-3H2,1H3. The summed E-state index contributed by atoms with van der Waals surface area (Å²) in [6.45, 7) is 0. The second-order valence-electron chi connectivity index (χ2n) is 1.97. The van der Waals surface area contributed by atoms with Crippen molar-refractivity contribution in [3.63, 3.8) is 0 Å². The minimum Gasteiger partial charge on any atom is -0.464 e. The molecule has 0 radical (unpaired) electrons. The van der Waals surface area contributed by atoms with Crippen LogP contribution >= 0.6 is 0 Å². The number of nitrogens with zero attached hydrogens (tertiary/aromatic N) is 1. The molecule has 3 nitrogen and oxygen atoms in total. The van der Waals surface area contributed by atoms with Gasteiger partial charge >= 0.3 is 5.97 Å². The van der Waals surface area contributed by atoms with Gasteiger partial charge in [0.15, 0.2) is 0 Å². The third-order valence-electron chi connectivity index (χ3n) is 1.26. The van der Waals surface area contributed by atoms with Gasteiger partial charge in [-0.15, -0.1) is 0 Å². The van der Waals surface area contributed by atoms with E-state index in [4.69, 9.17) is 0 Å². The highest BCUT2D eigenvalue weighted by Gasteiger charge is 2.07. The number of hydrogen-bond donors (Lipinski definition) is 0. The molecule has 1 heterocycles. The number of esters is 1. The molecule has 0 atom stereocenters. The quantitative estimate of drug-likeness (QED) is 0.506. The molecule has 0 unspecified atom stereocenters. The smallest absolute Gasteiger partial charge is 0.356 e. The molecule has 54 valence electrons. The first-order valence-corrected chi connectivity index (χ1v) is 3.15. The Morgan fingerprint density at radius 2 is 2.50 bits per heavy atom. The van der Waals surface area contributed by atoms with Crippen LogP contribution in [-0.4, -0.2) is 19.3 Å². The molecule has 0 aromatic heterocycles. The summed E-state index contributed by atoms with van der Waals surface area (Å²) in [5, 5.41) is 0. The van der Waals surface area contributed by atoms with Crippen molar-refractivity contribution >= 4 is 12.2 Å². The molecule has 0 spiro atoms. The molecule has 0 bridgehead atoms. The van der Waals surface area contributed by atoms with Gasteiger partial charge in [0.05, 0.1) is 7.11 Å². The zero-order valence-electron chi connectivity index (χ0n) is 5.83. The minimum atomic E-state index is -0.351. The molecule has 0 N–H and O–H groups in total. The van der Waals surface area contributed by atoms with E-state index in [1.807, 2.05) is 0 Å². The van der Waals surface area contributed by atoms with Crippen LogP contribution < -0.4 is 0 Å². The van der Waals surface area contributed by atoms with E-state index in [0.29, 0.717) is 5.70 Å². The van der Waals surface area contributed by atoms with Crippen molar-refractivity contribution in [3.05, 3.63) is 11.8 Å². The Balaban J connectivity index is 2.63. The third kappa shape index (κ3) is 1.43. The van der Waals surface area contributed by atoms with Gasteiger partial charge in [0.25, 0.3) is 0 Å². The normalized spacial score (nSPS) is 16.3. The Morgan fingerprint density at radius 1 is 1.70 bits per heavy atom. The van der Waals surface area contributed by atoms with E-state index in [1.165, 1.54) is 7.11 Å². The van der Waals surface area contributed by atoms with Crippen LogP contribution in [0.4, 0.5) is 0 Å². The average molecular weight is 139 g/mol. The minimum absolute atomic E-state index is 0.351. The lowest BCUT2D eigenvalue weighted by atomic mass is 10.2. The van der Waals surface area contributed by atoms with E-state index >= 15 is 0 Å². The van der Waals surface area contributed by atoms with E-state index in [9.17, 15) is 4.79 Å². The van der Waals surface area contributed by atoms with Crippen molar-refractivity contribution in [1.82, 2.24) is 0 Å². The highest BCUT2D eigenvalue weighted by molar-refractivity contribution is 5.90. The fourth-order valence-electron chi connectivity index (χ4n) is 0.751. The lowest BCUT2D eigenvalue weighted by Gasteiger charge is -2.02. The van der Waals surface area contributed by atoms with Crippen LogP contribution in [0.2, 0.25) is 0 Å². The van der Waals surface area contributed by atoms with Crippen molar-refractivity contribution in [2.75, 3.05) is 7.11 Å². The van der Waals surface area contributed by atoms with Crippen molar-refractivity contribution < 1.29 is 9.53 Å². The van der Waals surface area contributed by atoms with E-state index in [1.54, 1.807) is 12.3 Å². The summed E-state index contributed by atoms with van der Waals surface area (Å²) in [5.74, 6) is -0.351. The van der Waals surface area contributed by atoms with Gasteiger partial charge in [-0.05, 0) is 12.8 Å². The highest BCUT2D eigenvalue weighted by atomic mass is 16.5. The van der Waals surface area contributed by atoms with Crippen LogP contribution in [0.1, 0.15) is 12.8 Å². The predicted molar refractivity (Wildman–Crippen MR) is 37.8 cm³/mol. The van der Waals surface area contributed by atoms with Gasteiger partial charge < -0.3 is 4.74 Å². The van der Waals surface area contributed by atoms with E-state index in [-0.39, 0.29) is 5.97 Å². The Bertz CT molecular complexity index is 194. The molecule has 1 rings (SSSR count). The van der Waals surface area contributed by atoms with Crippen LogP contribution in [-0.2, 0) is 9.53 Å². The Hall–Kier alpha value is -1.12. The van der Waals surface area contributed by atoms with Crippen molar-refractivity contribution in [2.24, 2.45) is 4.99 Å². The summed E-state index contributed by atoms with van der Waals surface area (Å²) in [4.78, 5) is 14.6. The lowest BCUT2D eigenvalue weighted by molar-refractivity contribution is -0.136. The summed E-state index contributed by atoms with van der Waals surface area (Å²) in [7, 11) is 1.35. The number of ether oxygens (including phenoxy) is 1. The average Bonchev–Trinajstić information content (AvgIpc) is 2.05. The zero-order valence-corrected chi connectivity index (χ0v) is 5.83. The van der Waals surface area contributed by atoms with Gasteiger partial charge in [-0.3, -0.25) is 4.99 Å². The first-order chi connectivity index (χ1) is 4.84. The van der Waals surface area contributed by atoms with E-state index in [0.717, 1.165) is 12.8 Å². The van der Waals surface area contributed by atoms with Crippen LogP contribution in [0, 0.1) is 0 Å². The zero-order chi connectivity index (χ0) is 7.40. The first kappa shape index (κ1) is 6.99. The summed E-state index contributed by atoms with van der Waals surface area (Å²) in [6.07, 6.45) is 5.31. The molecule has 0 saturated carbocycles. The maximum atomic E-state index is 10.8. The fourth-order valence-corrected chi connectivity index (χ4v) is 0.751. The van der Waals surface area contributed by atoms with Gasteiger partial charge in [-0.2, -0.15) is 0 Å². The molecule has 0 fully saturated rings. The summed E-state index contributed by atoms with van der Waals surface area (Å²) >= 11 is 0. The van der Waals surface area contributed by atoms with Crippen LogP contribution in [0.15, 0.2) is 16.8 Å². The molecular weight excluding hydrogens is 130 g/mol. The molecule has 1 aliphatic rings. The fraction of sp³-hybridized carbons (Fsp3) is 0.429. The van der Waals surface area contributed by atoms with Crippen molar-refractivity contribution in [3.8, 4) is 0 Å². The number of carbonyl (C=O) groups excluding carboxylic acids is 1. The van der Waals surface area contributed by atoms with Gasteiger partial charge in [0.2, 0.25) is 0 Å². The number of allylic oxidation sites excluding steroid dienone is 1. The van der Waals surface area contributed by atoms with Gasteiger partial charge in [0, 0.05) is 6.21 Å². The van der Waals surface area contributed by atoms with Gasteiger partial charge in [-0.1, -0.05) is 6.08 Å². The molecule has 0 aromatic carbocycles. The molecule has 0 aliphatic carbocycles. The highest BCUT2D eigenvalue weighted by Crippen LogP contribution is 2.06. The topological polar surface area (TPSA) is 38.7 Å². The van der Waals surface area contributed by atoms with Gasteiger partial charge in [-0.25, -0.2) is 4.79 Å². The lowest BCUT2D eigenvalue weighted by Crippen LogP contribution is -2.04. The second kappa shape index (κ2) is 3.15. The van der Waals surface area contributed by atoms with Crippen LogP contribution in [0.5, 0.6) is 0 Å². The predicted octanol–water partition coefficient (Wildman–Crippen LogP) is 0.908. The van der Waals surface area contributed by atoms with Gasteiger partial charge in [0.1, 0.15) is 5.70 Å². The molecule has 3 heteroatoms. The summed E-state index contributed by atoms with van der Waals surface area (Å²) in [5.41, 5.74) is 0.425. The number of rotatable bonds is 1. The summed E-state index contributed by atoms with van der Waals surface area (Å²) in [6, 6.07) is 0. The van der Waals surface area contributed by atoms with Crippen LogP contribution in [0.3, 0.4) is 0 Å². The Labute approximate surface area is 59.4 Å². The molecule has 10 heavy (non-hydrogen) atoms. The molecule has 0 aromatic rings. The Morgan fingerprint density at radius 3 is 3.00 bits per heavy atom. The maximum absolute atomic E-state index is 10.8. The second-order valence-corrected chi connectivity index (χ2v) is 1.97. The molecule has 0 amide bonds.